The predicted octanol–water partition coefficient (Wildman–Crippen LogP) is 1.99. The molecule has 0 aliphatic carbocycles. The van der Waals surface area contributed by atoms with Crippen LogP contribution in [-0.2, 0) is 13.1 Å². The highest BCUT2D eigenvalue weighted by Gasteiger charge is 2.00. The summed E-state index contributed by atoms with van der Waals surface area (Å²) in [5.74, 6) is 0. The summed E-state index contributed by atoms with van der Waals surface area (Å²) < 4.78 is 0. The second-order valence-electron chi connectivity index (χ2n) is 3.49. The molecular formula is C12H20N2. The molecule has 14 heavy (non-hydrogen) atoms. The number of benzene rings is 1. The summed E-state index contributed by atoms with van der Waals surface area (Å²) in [4.78, 5) is 2.40. The lowest BCUT2D eigenvalue weighted by molar-refractivity contribution is 0.296. The Morgan fingerprint density at radius 2 is 1.79 bits per heavy atom. The zero-order valence-corrected chi connectivity index (χ0v) is 9.16. The highest BCUT2D eigenvalue weighted by Crippen LogP contribution is 2.07. The van der Waals surface area contributed by atoms with Crippen LogP contribution < -0.4 is 5.73 Å². The van der Waals surface area contributed by atoms with E-state index in [2.05, 4.69) is 43.0 Å². The highest BCUT2D eigenvalue weighted by molar-refractivity contribution is 5.23. The van der Waals surface area contributed by atoms with Crippen molar-refractivity contribution in [1.82, 2.24) is 4.90 Å². The zero-order valence-electron chi connectivity index (χ0n) is 9.16. The molecule has 0 aromatic heterocycles. The quantitative estimate of drug-likeness (QED) is 0.773. The van der Waals surface area contributed by atoms with Crippen LogP contribution in [0.25, 0.3) is 0 Å². The third kappa shape index (κ3) is 3.13. The number of hydrogen-bond donors (Lipinski definition) is 1. The first-order valence-corrected chi connectivity index (χ1v) is 5.30. The largest absolute Gasteiger partial charge is 0.326 e. The van der Waals surface area contributed by atoms with Crippen molar-refractivity contribution in [3.8, 4) is 0 Å². The van der Waals surface area contributed by atoms with Gasteiger partial charge in [0.1, 0.15) is 0 Å². The Labute approximate surface area is 86.7 Å². The Balaban J connectivity index is 2.65. The Hall–Kier alpha value is -0.860. The Kier molecular flexibility index (Phi) is 4.63. The van der Waals surface area contributed by atoms with E-state index in [1.54, 1.807) is 0 Å². The van der Waals surface area contributed by atoms with Crippen LogP contribution in [0.15, 0.2) is 24.3 Å². The minimum Gasteiger partial charge on any atom is -0.326 e. The first kappa shape index (κ1) is 11.2. The molecule has 0 amide bonds. The van der Waals surface area contributed by atoms with Gasteiger partial charge in [0.25, 0.3) is 0 Å². The highest BCUT2D eigenvalue weighted by atomic mass is 15.1. The third-order valence-electron chi connectivity index (χ3n) is 2.53. The maximum atomic E-state index is 5.60. The van der Waals surface area contributed by atoms with Gasteiger partial charge < -0.3 is 5.73 Å². The summed E-state index contributed by atoms with van der Waals surface area (Å²) >= 11 is 0. The van der Waals surface area contributed by atoms with E-state index in [0.29, 0.717) is 6.54 Å². The minimum absolute atomic E-state index is 0.631. The van der Waals surface area contributed by atoms with E-state index >= 15 is 0 Å². The maximum absolute atomic E-state index is 5.60. The molecule has 0 unspecified atom stereocenters. The molecule has 0 saturated carbocycles. The van der Waals surface area contributed by atoms with Gasteiger partial charge in [-0.15, -0.1) is 0 Å². The fourth-order valence-electron chi connectivity index (χ4n) is 1.56. The van der Waals surface area contributed by atoms with Crippen LogP contribution in [0.1, 0.15) is 25.0 Å². The SMILES string of the molecule is CCN(CC)Cc1cccc(CN)c1. The second kappa shape index (κ2) is 5.78. The van der Waals surface area contributed by atoms with Crippen molar-refractivity contribution in [2.24, 2.45) is 5.73 Å². The van der Waals surface area contributed by atoms with Gasteiger partial charge in [0.2, 0.25) is 0 Å². The molecule has 78 valence electrons. The monoisotopic (exact) mass is 192 g/mol. The Bertz CT molecular complexity index is 267. The van der Waals surface area contributed by atoms with Crippen LogP contribution in [0.3, 0.4) is 0 Å². The summed E-state index contributed by atoms with van der Waals surface area (Å²) in [6.45, 7) is 8.24. The van der Waals surface area contributed by atoms with Gasteiger partial charge in [-0.25, -0.2) is 0 Å². The van der Waals surface area contributed by atoms with Gasteiger partial charge >= 0.3 is 0 Å². The smallest absolute Gasteiger partial charge is 0.0233 e. The summed E-state index contributed by atoms with van der Waals surface area (Å²) in [5, 5.41) is 0. The number of hydrogen-bond acceptors (Lipinski definition) is 2. The molecule has 2 heteroatoms. The molecule has 0 spiro atoms. The molecule has 0 heterocycles. The van der Waals surface area contributed by atoms with Crippen molar-refractivity contribution >= 4 is 0 Å². The zero-order chi connectivity index (χ0) is 10.4. The lowest BCUT2D eigenvalue weighted by Gasteiger charge is -2.18. The summed E-state index contributed by atoms with van der Waals surface area (Å²) in [6.07, 6.45) is 0. The van der Waals surface area contributed by atoms with Gasteiger partial charge in [0.15, 0.2) is 0 Å². The van der Waals surface area contributed by atoms with Gasteiger partial charge in [0, 0.05) is 13.1 Å². The van der Waals surface area contributed by atoms with E-state index in [-0.39, 0.29) is 0 Å². The lowest BCUT2D eigenvalue weighted by atomic mass is 10.1. The van der Waals surface area contributed by atoms with Crippen molar-refractivity contribution in [3.63, 3.8) is 0 Å². The number of rotatable bonds is 5. The van der Waals surface area contributed by atoms with E-state index in [1.807, 2.05) is 0 Å². The van der Waals surface area contributed by atoms with Crippen LogP contribution in [-0.4, -0.2) is 18.0 Å². The first-order valence-electron chi connectivity index (χ1n) is 5.30. The van der Waals surface area contributed by atoms with Crippen molar-refractivity contribution in [1.29, 1.82) is 0 Å². The summed E-state index contributed by atoms with van der Waals surface area (Å²) in [5.41, 5.74) is 8.18. The molecule has 0 saturated heterocycles. The van der Waals surface area contributed by atoms with Gasteiger partial charge in [0.05, 0.1) is 0 Å². The van der Waals surface area contributed by atoms with Crippen molar-refractivity contribution in [3.05, 3.63) is 35.4 Å². The second-order valence-corrected chi connectivity index (χ2v) is 3.49. The van der Waals surface area contributed by atoms with Crippen molar-refractivity contribution < 1.29 is 0 Å². The average molecular weight is 192 g/mol. The van der Waals surface area contributed by atoms with E-state index in [9.17, 15) is 0 Å². The van der Waals surface area contributed by atoms with Crippen LogP contribution in [0.5, 0.6) is 0 Å². The summed E-state index contributed by atoms with van der Waals surface area (Å²) in [7, 11) is 0. The first-order chi connectivity index (χ1) is 6.80. The summed E-state index contributed by atoms with van der Waals surface area (Å²) in [6, 6.07) is 8.52. The Morgan fingerprint density at radius 1 is 1.14 bits per heavy atom. The lowest BCUT2D eigenvalue weighted by Crippen LogP contribution is -2.22. The fraction of sp³-hybridized carbons (Fsp3) is 0.500. The standard InChI is InChI=1S/C12H20N2/c1-3-14(4-2)10-12-7-5-6-11(8-12)9-13/h5-8H,3-4,9-10,13H2,1-2H3. The van der Waals surface area contributed by atoms with E-state index in [4.69, 9.17) is 5.73 Å². The fourth-order valence-corrected chi connectivity index (χ4v) is 1.56. The van der Waals surface area contributed by atoms with Crippen LogP contribution in [0.4, 0.5) is 0 Å². The normalized spacial score (nSPS) is 10.9. The topological polar surface area (TPSA) is 29.3 Å². The molecule has 0 aliphatic rings. The molecule has 0 fully saturated rings. The molecular weight excluding hydrogens is 172 g/mol. The molecule has 0 radical (unpaired) electrons. The predicted molar refractivity (Wildman–Crippen MR) is 61.0 cm³/mol. The van der Waals surface area contributed by atoms with E-state index in [1.165, 1.54) is 11.1 Å². The van der Waals surface area contributed by atoms with E-state index in [0.717, 1.165) is 19.6 Å². The number of nitrogens with two attached hydrogens (primary N) is 1. The van der Waals surface area contributed by atoms with Gasteiger partial charge in [-0.05, 0) is 24.2 Å². The molecule has 1 rings (SSSR count). The van der Waals surface area contributed by atoms with Crippen molar-refractivity contribution in [2.45, 2.75) is 26.9 Å². The van der Waals surface area contributed by atoms with E-state index < -0.39 is 0 Å². The molecule has 1 aromatic rings. The van der Waals surface area contributed by atoms with Crippen LogP contribution >= 0.6 is 0 Å². The molecule has 0 aliphatic heterocycles. The molecule has 2 N–H and O–H groups in total. The van der Waals surface area contributed by atoms with Gasteiger partial charge in [-0.2, -0.15) is 0 Å². The maximum Gasteiger partial charge on any atom is 0.0233 e. The van der Waals surface area contributed by atoms with Gasteiger partial charge in [-0.1, -0.05) is 38.1 Å². The third-order valence-corrected chi connectivity index (χ3v) is 2.53. The van der Waals surface area contributed by atoms with Crippen molar-refractivity contribution in [2.75, 3.05) is 13.1 Å². The van der Waals surface area contributed by atoms with Crippen LogP contribution in [0.2, 0.25) is 0 Å². The Morgan fingerprint density at radius 3 is 2.36 bits per heavy atom. The van der Waals surface area contributed by atoms with Crippen LogP contribution in [0, 0.1) is 0 Å². The number of nitrogens with zero attached hydrogens (tertiary/aromatic N) is 1. The van der Waals surface area contributed by atoms with Gasteiger partial charge in [-0.3, -0.25) is 4.90 Å². The molecule has 1 aromatic carbocycles. The molecule has 0 bridgehead atoms. The molecule has 2 nitrogen and oxygen atoms in total. The molecule has 0 atom stereocenters. The average Bonchev–Trinajstić information content (AvgIpc) is 2.26. The minimum atomic E-state index is 0.631.